The predicted molar refractivity (Wildman–Crippen MR) is 156 cm³/mol. The third kappa shape index (κ3) is 5.66. The number of thioether (sulfide) groups is 1. The maximum atomic E-state index is 14.0. The second-order valence-electron chi connectivity index (χ2n) is 10.2. The first-order valence-electron chi connectivity index (χ1n) is 13.4. The van der Waals surface area contributed by atoms with Gasteiger partial charge in [0.15, 0.2) is 6.61 Å². The van der Waals surface area contributed by atoms with E-state index in [1.807, 2.05) is 0 Å². The van der Waals surface area contributed by atoms with Gasteiger partial charge in [-0.15, -0.1) is 0 Å². The average Bonchev–Trinajstić information content (AvgIpc) is 3.49. The van der Waals surface area contributed by atoms with Gasteiger partial charge in [-0.3, -0.25) is 19.2 Å². The second kappa shape index (κ2) is 11.7. The lowest BCUT2D eigenvalue weighted by atomic mass is 9.82. The van der Waals surface area contributed by atoms with Crippen molar-refractivity contribution in [1.29, 1.82) is 0 Å². The number of halogens is 6. The molecule has 2 N–H and O–H groups in total. The number of nitrogens with one attached hydrogen (secondary N) is 2. The van der Waals surface area contributed by atoms with Crippen LogP contribution in [0, 0.1) is 5.92 Å². The number of anilines is 2. The number of nitrogens with zero attached hydrogens (tertiary/aromatic N) is 1. The van der Waals surface area contributed by atoms with Crippen molar-refractivity contribution in [2.24, 2.45) is 5.92 Å². The van der Waals surface area contributed by atoms with Gasteiger partial charge in [-0.25, -0.2) is 4.90 Å². The number of hydrogen-bond donors (Lipinski definition) is 2. The Morgan fingerprint density at radius 2 is 1.48 bits per heavy atom. The Balaban J connectivity index is 1.35. The largest absolute Gasteiger partial charge is 0.483 e. The minimum atomic E-state index is -4.87. The van der Waals surface area contributed by atoms with Gasteiger partial charge < -0.3 is 15.0 Å². The molecule has 3 amide bonds. The number of hydrogen-bond acceptors (Lipinski definition) is 7. The number of H-pyrrole nitrogens is 1. The van der Waals surface area contributed by atoms with Crippen molar-refractivity contribution in [2.75, 3.05) is 16.8 Å². The maximum absolute atomic E-state index is 14.0. The fraction of sp³-hybridized carbons (Fsp3) is 0.200. The zero-order valence-corrected chi connectivity index (χ0v) is 24.6. The van der Waals surface area contributed by atoms with Crippen LogP contribution in [-0.4, -0.2) is 34.6 Å². The summed E-state index contributed by atoms with van der Waals surface area (Å²) in [5.41, 5.74) is -3.12. The predicted octanol–water partition coefficient (Wildman–Crippen LogP) is 6.29. The Labute approximate surface area is 263 Å². The number of fused-ring (bicyclic) bond motifs is 2. The number of benzene rings is 3. The van der Waals surface area contributed by atoms with Gasteiger partial charge in [0.2, 0.25) is 11.8 Å². The zero-order valence-electron chi connectivity index (χ0n) is 22.9. The van der Waals surface area contributed by atoms with Crippen LogP contribution in [0.1, 0.15) is 27.5 Å². The third-order valence-electron chi connectivity index (χ3n) is 7.39. The van der Waals surface area contributed by atoms with Crippen molar-refractivity contribution in [3.8, 4) is 5.75 Å². The number of para-hydroxylation sites is 3. The summed E-state index contributed by atoms with van der Waals surface area (Å²) in [6.45, 7) is -0.757. The number of carbonyl (C=O) groups excluding carboxylic acids is 3. The lowest BCUT2D eigenvalue weighted by Gasteiger charge is -2.30. The summed E-state index contributed by atoms with van der Waals surface area (Å²) in [6, 6.07) is 14.6. The van der Waals surface area contributed by atoms with Gasteiger partial charge in [0.05, 0.1) is 33.4 Å². The molecule has 8 nitrogen and oxygen atoms in total. The van der Waals surface area contributed by atoms with Crippen LogP contribution in [0.3, 0.4) is 0 Å². The topological polar surface area (TPSA) is 109 Å². The molecular weight excluding hydrogens is 660 g/mol. The van der Waals surface area contributed by atoms with Crippen molar-refractivity contribution in [3.63, 3.8) is 0 Å². The third-order valence-corrected chi connectivity index (χ3v) is 9.79. The standard InChI is InChI=1S/C30H19F6N3O5S2/c31-29(32,33)15-8-2-4-10-17(15)37-20(40)13-44-19-12-6-1-7-14(19)21-22-24(45-25-23(21)46-28(43)38-25)27(42)39(26(22)41)18-11-5-3-9-16(18)30(34,35)36/h1-12,21-22,24H,13H2,(H,37,40)(H,38,43). The Morgan fingerprint density at radius 3 is 2.20 bits per heavy atom. The van der Waals surface area contributed by atoms with Gasteiger partial charge in [-0.05, 0) is 30.3 Å². The van der Waals surface area contributed by atoms with Crippen LogP contribution in [0.2, 0.25) is 0 Å². The maximum Gasteiger partial charge on any atom is 0.418 e. The molecule has 3 atom stereocenters. The number of amides is 3. The van der Waals surface area contributed by atoms with Gasteiger partial charge in [0.25, 0.3) is 5.91 Å². The molecule has 1 aromatic heterocycles. The molecule has 0 aliphatic carbocycles. The number of alkyl halides is 6. The minimum absolute atomic E-state index is 0.0126. The number of ether oxygens (including phenoxy) is 1. The number of carbonyl (C=O) groups is 3. The summed E-state index contributed by atoms with van der Waals surface area (Å²) in [5, 5.41) is 1.21. The molecule has 1 fully saturated rings. The normalized spacial score (nSPS) is 19.5. The quantitative estimate of drug-likeness (QED) is 0.183. The van der Waals surface area contributed by atoms with Gasteiger partial charge in [-0.2, -0.15) is 26.3 Å². The lowest BCUT2D eigenvalue weighted by Crippen LogP contribution is -2.33. The highest BCUT2D eigenvalue weighted by Gasteiger charge is 2.57. The molecule has 0 radical (unpaired) electrons. The van der Waals surface area contributed by atoms with Gasteiger partial charge >= 0.3 is 17.2 Å². The van der Waals surface area contributed by atoms with Crippen LogP contribution in [0.5, 0.6) is 5.75 Å². The summed E-state index contributed by atoms with van der Waals surface area (Å²) >= 11 is 1.62. The van der Waals surface area contributed by atoms with E-state index in [2.05, 4.69) is 10.3 Å². The Morgan fingerprint density at radius 1 is 0.848 bits per heavy atom. The minimum Gasteiger partial charge on any atom is -0.483 e. The molecule has 16 heteroatoms. The zero-order chi connectivity index (χ0) is 33.0. The first-order chi connectivity index (χ1) is 21.8. The van der Waals surface area contributed by atoms with E-state index >= 15 is 0 Å². The second-order valence-corrected chi connectivity index (χ2v) is 12.4. The van der Waals surface area contributed by atoms with Gasteiger partial charge in [0, 0.05) is 16.4 Å². The van der Waals surface area contributed by atoms with Crippen LogP contribution in [-0.2, 0) is 26.7 Å². The molecule has 0 bridgehead atoms. The van der Waals surface area contributed by atoms with E-state index < -0.39 is 81.1 Å². The number of rotatable bonds is 6. The van der Waals surface area contributed by atoms with E-state index in [0.717, 1.165) is 53.4 Å². The molecule has 6 rings (SSSR count). The van der Waals surface area contributed by atoms with E-state index in [0.29, 0.717) is 9.78 Å². The highest BCUT2D eigenvalue weighted by molar-refractivity contribution is 8.00. The van der Waals surface area contributed by atoms with E-state index in [4.69, 9.17) is 4.74 Å². The Hall–Kier alpha value is -4.57. The van der Waals surface area contributed by atoms with E-state index in [1.165, 1.54) is 36.4 Å². The monoisotopic (exact) mass is 679 g/mol. The van der Waals surface area contributed by atoms with Crippen LogP contribution in [0.15, 0.2) is 82.6 Å². The number of aromatic nitrogens is 1. The molecule has 0 saturated carbocycles. The fourth-order valence-electron chi connectivity index (χ4n) is 5.54. The van der Waals surface area contributed by atoms with Crippen molar-refractivity contribution < 1.29 is 45.5 Å². The molecule has 3 unspecified atom stereocenters. The molecule has 3 heterocycles. The first kappa shape index (κ1) is 31.4. The molecule has 4 aromatic rings. The summed E-state index contributed by atoms with van der Waals surface area (Å²) in [5.74, 6) is -5.08. The highest BCUT2D eigenvalue weighted by Crippen LogP contribution is 2.55. The van der Waals surface area contributed by atoms with Crippen molar-refractivity contribution in [1.82, 2.24) is 4.98 Å². The van der Waals surface area contributed by atoms with E-state index in [-0.39, 0.29) is 16.3 Å². The van der Waals surface area contributed by atoms with Gasteiger partial charge in [-0.1, -0.05) is 65.6 Å². The Bertz CT molecular complexity index is 1920. The van der Waals surface area contributed by atoms with Gasteiger partial charge in [0.1, 0.15) is 11.0 Å². The number of imide groups is 1. The van der Waals surface area contributed by atoms with Crippen LogP contribution in [0.25, 0.3) is 0 Å². The summed E-state index contributed by atoms with van der Waals surface area (Å²) < 4.78 is 87.6. The van der Waals surface area contributed by atoms with Crippen LogP contribution < -0.4 is 19.8 Å². The van der Waals surface area contributed by atoms with E-state index in [9.17, 15) is 45.5 Å². The first-order valence-corrected chi connectivity index (χ1v) is 15.1. The SMILES string of the molecule is O=C(COc1ccccc1C1c2sc(=O)[nH]c2SC2C(=O)N(c3ccccc3C(F)(F)F)C(=O)C21)Nc1ccccc1C(F)(F)F. The molecular formula is C30H19F6N3O5S2. The summed E-state index contributed by atoms with van der Waals surface area (Å²) in [6.07, 6.45) is -9.61. The highest BCUT2D eigenvalue weighted by atomic mass is 32.2. The molecule has 1 saturated heterocycles. The molecule has 46 heavy (non-hydrogen) atoms. The molecule has 2 aliphatic rings. The molecule has 0 spiro atoms. The van der Waals surface area contributed by atoms with Crippen LogP contribution >= 0.6 is 23.1 Å². The van der Waals surface area contributed by atoms with Crippen LogP contribution in [0.4, 0.5) is 37.7 Å². The summed E-state index contributed by atoms with van der Waals surface area (Å²) in [4.78, 5) is 55.7. The van der Waals surface area contributed by atoms with Crippen molar-refractivity contribution >= 4 is 52.2 Å². The Kier molecular flexibility index (Phi) is 7.96. The van der Waals surface area contributed by atoms with E-state index in [1.54, 1.807) is 6.07 Å². The number of aromatic amines is 1. The van der Waals surface area contributed by atoms with Crippen molar-refractivity contribution in [3.05, 3.63) is 104 Å². The lowest BCUT2D eigenvalue weighted by molar-refractivity contribution is -0.138. The smallest absolute Gasteiger partial charge is 0.418 e. The number of thiazole rings is 1. The fourth-order valence-corrected chi connectivity index (χ4v) is 8.04. The molecule has 3 aromatic carbocycles. The summed E-state index contributed by atoms with van der Waals surface area (Å²) in [7, 11) is 0. The molecule has 238 valence electrons. The molecule has 2 aliphatic heterocycles. The van der Waals surface area contributed by atoms with Crippen molar-refractivity contribution in [2.45, 2.75) is 28.5 Å². The average molecular weight is 680 g/mol.